The van der Waals surface area contributed by atoms with Crippen molar-refractivity contribution < 1.29 is 19.3 Å². The maximum absolute atomic E-state index is 9.49. The van der Waals surface area contributed by atoms with Crippen LogP contribution in [0.4, 0.5) is 0 Å². The molecule has 2 aromatic carbocycles. The highest BCUT2D eigenvalue weighted by Crippen LogP contribution is 2.34. The zero-order valence-electron chi connectivity index (χ0n) is 14.6. The van der Waals surface area contributed by atoms with Gasteiger partial charge in [0, 0.05) is 12.6 Å². The maximum atomic E-state index is 9.49. The van der Waals surface area contributed by atoms with Crippen molar-refractivity contribution >= 4 is 0 Å². The molecule has 0 radical (unpaired) electrons. The van der Waals surface area contributed by atoms with Gasteiger partial charge in [0.05, 0.1) is 7.11 Å². The highest BCUT2D eigenvalue weighted by atomic mass is 16.5. The van der Waals surface area contributed by atoms with Gasteiger partial charge in [-0.15, -0.1) is 0 Å². The zero-order chi connectivity index (χ0) is 17.5. The highest BCUT2D eigenvalue weighted by molar-refractivity contribution is 5.47. The molecule has 1 heterocycles. The molecule has 1 saturated heterocycles. The molecule has 0 amide bonds. The normalized spacial score (nSPS) is 14.9. The number of benzene rings is 2. The second kappa shape index (κ2) is 8.62. The Bertz CT molecular complexity index is 666. The van der Waals surface area contributed by atoms with Gasteiger partial charge >= 0.3 is 0 Å². The van der Waals surface area contributed by atoms with E-state index < -0.39 is 0 Å². The van der Waals surface area contributed by atoms with E-state index >= 15 is 0 Å². The second-order valence-corrected chi connectivity index (χ2v) is 6.16. The lowest BCUT2D eigenvalue weighted by atomic mass is 10.1. The Balaban J connectivity index is 1.51. The van der Waals surface area contributed by atoms with E-state index in [-0.39, 0.29) is 5.75 Å². The first-order valence-corrected chi connectivity index (χ1v) is 8.75. The average Bonchev–Trinajstić information content (AvgIpc) is 2.65. The van der Waals surface area contributed by atoms with Crippen molar-refractivity contribution in [3.63, 3.8) is 0 Å². The molecule has 1 N–H and O–H groups in total. The predicted molar refractivity (Wildman–Crippen MR) is 97.0 cm³/mol. The van der Waals surface area contributed by atoms with Crippen molar-refractivity contribution in [2.24, 2.45) is 0 Å². The van der Waals surface area contributed by atoms with Gasteiger partial charge in [-0.25, -0.2) is 0 Å². The van der Waals surface area contributed by atoms with Crippen molar-refractivity contribution in [3.8, 4) is 28.7 Å². The van der Waals surface area contributed by atoms with E-state index in [9.17, 15) is 5.11 Å². The summed E-state index contributed by atoms with van der Waals surface area (Å²) >= 11 is 0. The van der Waals surface area contributed by atoms with Gasteiger partial charge in [-0.2, -0.15) is 0 Å². The third kappa shape index (κ3) is 5.03. The fraction of sp³-hybridized carbons (Fsp3) is 0.400. The summed E-state index contributed by atoms with van der Waals surface area (Å²) in [5.41, 5.74) is 0. The van der Waals surface area contributed by atoms with Crippen LogP contribution >= 0.6 is 0 Å². The van der Waals surface area contributed by atoms with E-state index in [2.05, 4.69) is 4.90 Å². The van der Waals surface area contributed by atoms with Crippen molar-refractivity contribution in [3.05, 3.63) is 42.5 Å². The van der Waals surface area contributed by atoms with E-state index in [1.807, 2.05) is 24.3 Å². The number of likely N-dealkylation sites (tertiary alicyclic amines) is 1. The van der Waals surface area contributed by atoms with Crippen LogP contribution in [-0.4, -0.2) is 43.4 Å². The SMILES string of the molecule is COc1cc(O)ccc1Oc1ccc(OCCN2CCCCC2)cc1. The van der Waals surface area contributed by atoms with Gasteiger partial charge in [0.2, 0.25) is 0 Å². The van der Waals surface area contributed by atoms with Crippen LogP contribution in [0.5, 0.6) is 28.7 Å². The van der Waals surface area contributed by atoms with Crippen LogP contribution in [0.2, 0.25) is 0 Å². The van der Waals surface area contributed by atoms with Gasteiger partial charge < -0.3 is 19.3 Å². The molecule has 1 aliphatic rings. The van der Waals surface area contributed by atoms with E-state index in [4.69, 9.17) is 14.2 Å². The smallest absolute Gasteiger partial charge is 0.169 e. The topological polar surface area (TPSA) is 51.2 Å². The highest BCUT2D eigenvalue weighted by Gasteiger charge is 2.10. The number of aromatic hydroxyl groups is 1. The van der Waals surface area contributed by atoms with Crippen LogP contribution in [0.1, 0.15) is 19.3 Å². The molecular formula is C20H25NO4. The van der Waals surface area contributed by atoms with Gasteiger partial charge in [0.25, 0.3) is 0 Å². The number of phenols is 1. The number of methoxy groups -OCH3 is 1. The maximum Gasteiger partial charge on any atom is 0.169 e. The fourth-order valence-electron chi connectivity index (χ4n) is 2.95. The van der Waals surface area contributed by atoms with Crippen LogP contribution in [0.25, 0.3) is 0 Å². The summed E-state index contributed by atoms with van der Waals surface area (Å²) in [5, 5.41) is 9.49. The number of hydrogen-bond acceptors (Lipinski definition) is 5. The molecule has 0 spiro atoms. The molecule has 0 aliphatic carbocycles. The largest absolute Gasteiger partial charge is 0.508 e. The standard InChI is InChI=1S/C20H25NO4/c1-23-20-15-16(22)5-10-19(20)25-18-8-6-17(7-9-18)24-14-13-21-11-3-2-4-12-21/h5-10,15,22H,2-4,11-14H2,1H3. The molecule has 5 nitrogen and oxygen atoms in total. The third-order valence-electron chi connectivity index (χ3n) is 4.32. The Hall–Kier alpha value is -2.40. The number of hydrogen-bond donors (Lipinski definition) is 1. The monoisotopic (exact) mass is 343 g/mol. The quantitative estimate of drug-likeness (QED) is 0.822. The lowest BCUT2D eigenvalue weighted by Gasteiger charge is -2.26. The molecule has 3 rings (SSSR count). The van der Waals surface area contributed by atoms with Gasteiger partial charge in [-0.3, -0.25) is 4.90 Å². The van der Waals surface area contributed by atoms with E-state index in [0.29, 0.717) is 23.9 Å². The number of ether oxygens (including phenoxy) is 3. The third-order valence-corrected chi connectivity index (χ3v) is 4.32. The minimum Gasteiger partial charge on any atom is -0.508 e. The minimum atomic E-state index is 0.140. The Labute approximate surface area is 148 Å². The van der Waals surface area contributed by atoms with Crippen LogP contribution in [0, 0.1) is 0 Å². The minimum absolute atomic E-state index is 0.140. The molecular weight excluding hydrogens is 318 g/mol. The summed E-state index contributed by atoms with van der Waals surface area (Å²) < 4.78 is 16.8. The molecule has 1 fully saturated rings. The van der Waals surface area contributed by atoms with Crippen molar-refractivity contribution in [2.45, 2.75) is 19.3 Å². The number of rotatable bonds is 7. The first-order chi connectivity index (χ1) is 12.2. The molecule has 25 heavy (non-hydrogen) atoms. The number of nitrogens with zero attached hydrogens (tertiary/aromatic N) is 1. The van der Waals surface area contributed by atoms with Crippen LogP contribution < -0.4 is 14.2 Å². The zero-order valence-corrected chi connectivity index (χ0v) is 14.6. The molecule has 134 valence electrons. The summed E-state index contributed by atoms with van der Waals surface area (Å²) in [6, 6.07) is 12.3. The summed E-state index contributed by atoms with van der Waals surface area (Å²) in [7, 11) is 1.54. The van der Waals surface area contributed by atoms with Crippen molar-refractivity contribution in [2.75, 3.05) is 33.4 Å². The first kappa shape index (κ1) is 17.4. The fourth-order valence-corrected chi connectivity index (χ4v) is 2.95. The summed E-state index contributed by atoms with van der Waals surface area (Å²) in [6.07, 6.45) is 3.95. The first-order valence-electron chi connectivity index (χ1n) is 8.75. The van der Waals surface area contributed by atoms with Crippen molar-refractivity contribution in [1.29, 1.82) is 0 Å². The lowest BCUT2D eigenvalue weighted by Crippen LogP contribution is -2.33. The van der Waals surface area contributed by atoms with Gasteiger partial charge in [-0.05, 0) is 62.3 Å². The van der Waals surface area contributed by atoms with Gasteiger partial charge in [-0.1, -0.05) is 6.42 Å². The van der Waals surface area contributed by atoms with E-state index in [0.717, 1.165) is 12.3 Å². The van der Waals surface area contributed by atoms with Crippen LogP contribution in [0.3, 0.4) is 0 Å². The number of phenolic OH excluding ortho intramolecular Hbond substituents is 1. The van der Waals surface area contributed by atoms with Crippen molar-refractivity contribution in [1.82, 2.24) is 4.90 Å². The molecule has 0 unspecified atom stereocenters. The molecule has 2 aromatic rings. The Morgan fingerprint density at radius 2 is 1.64 bits per heavy atom. The van der Waals surface area contributed by atoms with Crippen LogP contribution in [0.15, 0.2) is 42.5 Å². The van der Waals surface area contributed by atoms with E-state index in [1.165, 1.54) is 38.4 Å². The lowest BCUT2D eigenvalue weighted by molar-refractivity contribution is 0.183. The molecule has 0 saturated carbocycles. The average molecular weight is 343 g/mol. The Kier molecular flexibility index (Phi) is 6.01. The second-order valence-electron chi connectivity index (χ2n) is 6.16. The molecule has 0 aromatic heterocycles. The van der Waals surface area contributed by atoms with E-state index in [1.54, 1.807) is 19.2 Å². The predicted octanol–water partition coefficient (Wildman–Crippen LogP) is 4.06. The van der Waals surface area contributed by atoms with Crippen LogP contribution in [-0.2, 0) is 0 Å². The molecule has 1 aliphatic heterocycles. The molecule has 0 atom stereocenters. The van der Waals surface area contributed by atoms with Gasteiger partial charge in [0.1, 0.15) is 23.9 Å². The molecule has 0 bridgehead atoms. The van der Waals surface area contributed by atoms with Gasteiger partial charge in [0.15, 0.2) is 11.5 Å². The summed E-state index contributed by atoms with van der Waals surface area (Å²) in [5.74, 6) is 2.71. The summed E-state index contributed by atoms with van der Waals surface area (Å²) in [6.45, 7) is 4.05. The summed E-state index contributed by atoms with van der Waals surface area (Å²) in [4.78, 5) is 2.46. The molecule has 5 heteroatoms. The number of piperidine rings is 1. The Morgan fingerprint density at radius 1 is 0.920 bits per heavy atom. The Morgan fingerprint density at radius 3 is 2.36 bits per heavy atom.